The number of sulfonamides is 1. The number of benzene rings is 1. The van der Waals surface area contributed by atoms with Gasteiger partial charge in [0.2, 0.25) is 0 Å². The van der Waals surface area contributed by atoms with Crippen molar-refractivity contribution in [3.63, 3.8) is 0 Å². The number of hydrogen-bond donors (Lipinski definition) is 1. The molecule has 0 saturated heterocycles. The van der Waals surface area contributed by atoms with Crippen LogP contribution in [0.5, 0.6) is 0 Å². The molecule has 3 rings (SSSR count). The van der Waals surface area contributed by atoms with Gasteiger partial charge in [0, 0.05) is 10.6 Å². The van der Waals surface area contributed by atoms with Crippen molar-refractivity contribution < 1.29 is 8.42 Å². The highest BCUT2D eigenvalue weighted by Crippen LogP contribution is 2.33. The second kappa shape index (κ2) is 4.35. The zero-order valence-corrected chi connectivity index (χ0v) is 11.9. The number of amidine groups is 1. The Balaban J connectivity index is 2.13. The molecule has 2 aliphatic rings. The summed E-state index contributed by atoms with van der Waals surface area (Å²) < 4.78 is 26.9. The van der Waals surface area contributed by atoms with E-state index in [1.54, 1.807) is 31.2 Å². The Morgan fingerprint density at radius 2 is 2.11 bits per heavy atom. The molecule has 1 aliphatic carbocycles. The van der Waals surface area contributed by atoms with E-state index >= 15 is 0 Å². The Hall–Kier alpha value is -1.33. The van der Waals surface area contributed by atoms with Gasteiger partial charge >= 0.3 is 0 Å². The normalized spacial score (nSPS) is 23.8. The highest BCUT2D eigenvalue weighted by molar-refractivity contribution is 8.00. The van der Waals surface area contributed by atoms with Crippen LogP contribution >= 0.6 is 11.6 Å². The molecule has 0 unspecified atom stereocenters. The summed E-state index contributed by atoms with van der Waals surface area (Å²) in [4.78, 5) is 4.67. The van der Waals surface area contributed by atoms with Crippen molar-refractivity contribution in [3.05, 3.63) is 40.4 Å². The highest BCUT2D eigenvalue weighted by Gasteiger charge is 2.34. The molecule has 1 saturated carbocycles. The molecule has 1 aromatic rings. The molecule has 0 aromatic heterocycles. The Bertz CT molecular complexity index is 703. The van der Waals surface area contributed by atoms with Crippen LogP contribution in [0.15, 0.2) is 34.8 Å². The van der Waals surface area contributed by atoms with Crippen molar-refractivity contribution in [1.29, 1.82) is 0 Å². The average molecular weight is 297 g/mol. The van der Waals surface area contributed by atoms with Gasteiger partial charge in [-0.2, -0.15) is 0 Å². The van der Waals surface area contributed by atoms with E-state index in [1.807, 2.05) is 0 Å². The number of aliphatic imine (C=N–C) groups is 1. The van der Waals surface area contributed by atoms with Crippen LogP contribution in [0.3, 0.4) is 0 Å². The van der Waals surface area contributed by atoms with Gasteiger partial charge in [-0.05, 0) is 37.5 Å². The van der Waals surface area contributed by atoms with Gasteiger partial charge in [0.1, 0.15) is 10.7 Å². The molecule has 4 nitrogen and oxygen atoms in total. The lowest BCUT2D eigenvalue weighted by molar-refractivity contribution is 0.603. The van der Waals surface area contributed by atoms with E-state index in [-0.39, 0.29) is 10.9 Å². The summed E-state index contributed by atoms with van der Waals surface area (Å²) in [7, 11) is -3.53. The van der Waals surface area contributed by atoms with Gasteiger partial charge in [-0.25, -0.2) is 8.42 Å². The molecule has 100 valence electrons. The molecule has 1 heterocycles. The molecule has 0 radical (unpaired) electrons. The fourth-order valence-corrected chi connectivity index (χ4v) is 3.76. The summed E-state index contributed by atoms with van der Waals surface area (Å²) in [6.07, 6.45) is 2.07. The second-order valence-corrected chi connectivity index (χ2v) is 6.83. The third-order valence-electron chi connectivity index (χ3n) is 3.14. The van der Waals surface area contributed by atoms with E-state index in [1.165, 1.54) is 0 Å². The van der Waals surface area contributed by atoms with Gasteiger partial charge in [0.15, 0.2) is 0 Å². The summed E-state index contributed by atoms with van der Waals surface area (Å²) in [5, 5.41) is 0.514. The number of halogens is 1. The molecule has 0 atom stereocenters. The Kier molecular flexibility index (Phi) is 2.91. The standard InChI is InChI=1S/C13H13ClN2O2S/c1-8-12(9-3-2-4-10(14)7-9)19(17,18)16-13(8)15-11-5-6-11/h2-4,7,11H,5-6H2,1H3,(H,15,16). The van der Waals surface area contributed by atoms with Crippen LogP contribution in [0.25, 0.3) is 4.91 Å². The quantitative estimate of drug-likeness (QED) is 0.912. The molecule has 1 N–H and O–H groups in total. The molecule has 1 aromatic carbocycles. The third kappa shape index (κ3) is 2.40. The van der Waals surface area contributed by atoms with Gasteiger partial charge in [-0.3, -0.25) is 9.71 Å². The maximum absolute atomic E-state index is 12.2. The molecule has 1 aliphatic heterocycles. The van der Waals surface area contributed by atoms with E-state index in [0.717, 1.165) is 12.8 Å². The first kappa shape index (κ1) is 12.7. The Morgan fingerprint density at radius 3 is 2.74 bits per heavy atom. The predicted molar refractivity (Wildman–Crippen MR) is 76.6 cm³/mol. The van der Waals surface area contributed by atoms with Crippen LogP contribution in [-0.4, -0.2) is 20.3 Å². The summed E-state index contributed by atoms with van der Waals surface area (Å²) in [5.41, 5.74) is 1.26. The minimum absolute atomic E-state index is 0.270. The maximum Gasteiger partial charge on any atom is 0.264 e. The topological polar surface area (TPSA) is 58.5 Å². The second-order valence-electron chi connectivity index (χ2n) is 4.78. The SMILES string of the molecule is CC1=C(c2cccc(Cl)c2)S(=O)(=O)NC1=NC1CC1. The van der Waals surface area contributed by atoms with Crippen LogP contribution < -0.4 is 4.72 Å². The van der Waals surface area contributed by atoms with Gasteiger partial charge in [-0.15, -0.1) is 0 Å². The van der Waals surface area contributed by atoms with Crippen LogP contribution in [-0.2, 0) is 10.0 Å². The number of nitrogens with zero attached hydrogens (tertiary/aromatic N) is 1. The molecule has 1 fully saturated rings. The summed E-state index contributed by atoms with van der Waals surface area (Å²) in [6, 6.07) is 7.12. The molecular formula is C13H13ClN2O2S. The first-order valence-electron chi connectivity index (χ1n) is 6.05. The highest BCUT2D eigenvalue weighted by atomic mass is 35.5. The Morgan fingerprint density at radius 1 is 1.37 bits per heavy atom. The van der Waals surface area contributed by atoms with Gasteiger partial charge in [0.05, 0.1) is 6.04 Å². The van der Waals surface area contributed by atoms with E-state index in [9.17, 15) is 8.42 Å². The van der Waals surface area contributed by atoms with Crippen LogP contribution in [0.4, 0.5) is 0 Å². The first-order chi connectivity index (χ1) is 8.97. The molecule has 0 spiro atoms. The molecule has 19 heavy (non-hydrogen) atoms. The number of nitrogens with one attached hydrogen (secondary N) is 1. The first-order valence-corrected chi connectivity index (χ1v) is 7.91. The molecular weight excluding hydrogens is 284 g/mol. The zero-order chi connectivity index (χ0) is 13.6. The van der Waals surface area contributed by atoms with E-state index in [4.69, 9.17) is 11.6 Å². The lowest BCUT2D eigenvalue weighted by atomic mass is 10.1. The average Bonchev–Trinajstić information content (AvgIpc) is 3.07. The van der Waals surface area contributed by atoms with Gasteiger partial charge in [-0.1, -0.05) is 23.7 Å². The van der Waals surface area contributed by atoms with Crippen molar-refractivity contribution in [2.45, 2.75) is 25.8 Å². The predicted octanol–water partition coefficient (Wildman–Crippen LogP) is 2.56. The molecule has 6 heteroatoms. The van der Waals surface area contributed by atoms with Crippen LogP contribution in [0, 0.1) is 0 Å². The third-order valence-corrected chi connectivity index (χ3v) is 4.92. The van der Waals surface area contributed by atoms with Crippen LogP contribution in [0.1, 0.15) is 25.3 Å². The van der Waals surface area contributed by atoms with Gasteiger partial charge in [0.25, 0.3) is 10.0 Å². The Labute approximate surface area is 117 Å². The van der Waals surface area contributed by atoms with Crippen LogP contribution in [0.2, 0.25) is 5.02 Å². The largest absolute Gasteiger partial charge is 0.264 e. The zero-order valence-electron chi connectivity index (χ0n) is 10.4. The van der Waals surface area contributed by atoms with Crippen molar-refractivity contribution in [1.82, 2.24) is 4.72 Å². The lowest BCUT2D eigenvalue weighted by Gasteiger charge is -2.03. The van der Waals surface area contributed by atoms with Crippen molar-refractivity contribution >= 4 is 32.4 Å². The molecule has 0 amide bonds. The van der Waals surface area contributed by atoms with E-state index < -0.39 is 10.0 Å². The van der Waals surface area contributed by atoms with Crippen molar-refractivity contribution in [2.24, 2.45) is 4.99 Å². The maximum atomic E-state index is 12.2. The number of hydrogen-bond acceptors (Lipinski definition) is 3. The fourth-order valence-electron chi connectivity index (χ4n) is 2.07. The van der Waals surface area contributed by atoms with E-state index in [2.05, 4.69) is 9.71 Å². The summed E-state index contributed by atoms with van der Waals surface area (Å²) in [6.45, 7) is 1.77. The number of rotatable bonds is 2. The summed E-state index contributed by atoms with van der Waals surface area (Å²) >= 11 is 5.93. The minimum Gasteiger partial charge on any atom is -0.264 e. The van der Waals surface area contributed by atoms with E-state index in [0.29, 0.717) is 22.0 Å². The lowest BCUT2D eigenvalue weighted by Crippen LogP contribution is -2.23. The van der Waals surface area contributed by atoms with Gasteiger partial charge < -0.3 is 0 Å². The van der Waals surface area contributed by atoms with Crippen molar-refractivity contribution in [2.75, 3.05) is 0 Å². The smallest absolute Gasteiger partial charge is 0.264 e. The fraction of sp³-hybridized carbons (Fsp3) is 0.308. The summed E-state index contributed by atoms with van der Waals surface area (Å²) in [5.74, 6) is 0.470. The minimum atomic E-state index is -3.53. The molecule has 0 bridgehead atoms. The monoisotopic (exact) mass is 296 g/mol. The van der Waals surface area contributed by atoms with Crippen molar-refractivity contribution in [3.8, 4) is 0 Å².